The molecule has 9 atom stereocenters. The Morgan fingerprint density at radius 3 is 2.52 bits per heavy atom. The van der Waals surface area contributed by atoms with E-state index in [9.17, 15) is 4.79 Å². The molecular formula is C30H49BrO2. The molecule has 2 nitrogen and oxygen atoms in total. The Labute approximate surface area is 212 Å². The number of carbonyl (C=O) groups is 1. The number of hydrogen-bond acceptors (Lipinski definition) is 2. The highest BCUT2D eigenvalue weighted by Crippen LogP contribution is 2.67. The molecule has 0 saturated heterocycles. The number of carbonyl (C=O) groups excluding carboxylic acids is 1. The molecule has 188 valence electrons. The van der Waals surface area contributed by atoms with Crippen LogP contribution in [0.2, 0.25) is 0 Å². The van der Waals surface area contributed by atoms with E-state index < -0.39 is 0 Å². The topological polar surface area (TPSA) is 26.3 Å². The maximum Gasteiger partial charge on any atom is 0.319 e. The Morgan fingerprint density at radius 2 is 1.82 bits per heavy atom. The van der Waals surface area contributed by atoms with Crippen LogP contribution in [-0.4, -0.2) is 16.9 Å². The highest BCUT2D eigenvalue weighted by Gasteiger charge is 2.59. The number of fused-ring (bicyclic) bond motifs is 5. The zero-order chi connectivity index (χ0) is 24.0. The second-order valence-corrected chi connectivity index (χ2v) is 14.6. The minimum Gasteiger partial charge on any atom is -0.461 e. The summed E-state index contributed by atoms with van der Waals surface area (Å²) in [5, 5.41) is 0. The van der Waals surface area contributed by atoms with Gasteiger partial charge in [0, 0.05) is 6.42 Å². The molecule has 0 bridgehead atoms. The lowest BCUT2D eigenvalue weighted by Gasteiger charge is -2.58. The third kappa shape index (κ3) is 4.88. The van der Waals surface area contributed by atoms with Crippen LogP contribution in [0.25, 0.3) is 0 Å². The molecule has 0 unspecified atom stereocenters. The van der Waals surface area contributed by atoms with Crippen LogP contribution in [0.3, 0.4) is 0 Å². The summed E-state index contributed by atoms with van der Waals surface area (Å²) in [5.41, 5.74) is 2.49. The first-order valence-corrected chi connectivity index (χ1v) is 15.0. The number of halogens is 1. The Kier molecular flexibility index (Phi) is 7.79. The van der Waals surface area contributed by atoms with Crippen LogP contribution in [-0.2, 0) is 9.53 Å². The van der Waals surface area contributed by atoms with Gasteiger partial charge in [-0.05, 0) is 98.2 Å². The number of rotatable bonds is 7. The summed E-state index contributed by atoms with van der Waals surface area (Å²) >= 11 is 3.37. The maximum absolute atomic E-state index is 12.1. The van der Waals surface area contributed by atoms with Crippen molar-refractivity contribution in [1.82, 2.24) is 0 Å². The maximum atomic E-state index is 12.1. The zero-order valence-corrected chi connectivity index (χ0v) is 23.8. The van der Waals surface area contributed by atoms with E-state index in [1.165, 1.54) is 57.8 Å². The van der Waals surface area contributed by atoms with Gasteiger partial charge in [0.05, 0.1) is 0 Å². The van der Waals surface area contributed by atoms with E-state index in [4.69, 9.17) is 4.74 Å². The van der Waals surface area contributed by atoms with Gasteiger partial charge in [0.25, 0.3) is 0 Å². The largest absolute Gasteiger partial charge is 0.461 e. The molecule has 0 heterocycles. The number of hydrogen-bond donors (Lipinski definition) is 0. The van der Waals surface area contributed by atoms with Crippen molar-refractivity contribution in [2.24, 2.45) is 46.3 Å². The highest BCUT2D eigenvalue weighted by atomic mass is 79.9. The summed E-state index contributed by atoms with van der Waals surface area (Å²) in [5.74, 6) is 5.14. The Balaban J connectivity index is 1.45. The molecule has 0 aromatic carbocycles. The van der Waals surface area contributed by atoms with Gasteiger partial charge in [0.2, 0.25) is 0 Å². The SMILES string of the molecule is CC(C)CCC[C@H](C)[C@H]1CC[C@H]2[C@@H]3CC=C4C[C@H](OC(=O)[C@@H](C)Br)CC[C@]4(C)[C@H]3CC[C@]12C. The van der Waals surface area contributed by atoms with Crippen LogP contribution >= 0.6 is 15.9 Å². The van der Waals surface area contributed by atoms with E-state index in [1.807, 2.05) is 6.92 Å². The highest BCUT2D eigenvalue weighted by molar-refractivity contribution is 9.10. The predicted octanol–water partition coefficient (Wildman–Crippen LogP) is 8.72. The Hall–Kier alpha value is -0.310. The van der Waals surface area contributed by atoms with Crippen molar-refractivity contribution in [2.75, 3.05) is 0 Å². The fourth-order valence-corrected chi connectivity index (χ4v) is 9.12. The lowest BCUT2D eigenvalue weighted by molar-refractivity contribution is -0.150. The monoisotopic (exact) mass is 520 g/mol. The molecule has 4 aliphatic rings. The van der Waals surface area contributed by atoms with Crippen LogP contribution in [0.15, 0.2) is 11.6 Å². The molecule has 0 aliphatic heterocycles. The smallest absolute Gasteiger partial charge is 0.319 e. The fourth-order valence-electron chi connectivity index (χ4n) is 9.01. The number of alkyl halides is 1. The van der Waals surface area contributed by atoms with E-state index in [0.29, 0.717) is 10.8 Å². The van der Waals surface area contributed by atoms with Gasteiger partial charge in [-0.15, -0.1) is 0 Å². The Morgan fingerprint density at radius 1 is 1.06 bits per heavy atom. The van der Waals surface area contributed by atoms with Crippen LogP contribution < -0.4 is 0 Å². The molecule has 0 aromatic heterocycles. The second kappa shape index (κ2) is 9.98. The Bertz CT molecular complexity index is 742. The normalized spacial score (nSPS) is 42.1. The molecule has 3 fully saturated rings. The average molecular weight is 522 g/mol. The lowest BCUT2D eigenvalue weighted by atomic mass is 9.47. The molecule has 4 aliphatic carbocycles. The van der Waals surface area contributed by atoms with Crippen LogP contribution in [0.1, 0.15) is 112 Å². The van der Waals surface area contributed by atoms with Crippen molar-refractivity contribution in [3.05, 3.63) is 11.6 Å². The number of allylic oxidation sites excluding steroid dienone is 1. The summed E-state index contributed by atoms with van der Waals surface area (Å²) in [7, 11) is 0. The average Bonchev–Trinajstić information content (AvgIpc) is 3.11. The minimum absolute atomic E-state index is 0.0739. The molecule has 3 saturated carbocycles. The van der Waals surface area contributed by atoms with E-state index in [2.05, 4.69) is 56.6 Å². The molecule has 0 radical (unpaired) electrons. The first-order valence-electron chi connectivity index (χ1n) is 14.1. The van der Waals surface area contributed by atoms with E-state index in [1.54, 1.807) is 5.57 Å². The first kappa shape index (κ1) is 25.8. The summed E-state index contributed by atoms with van der Waals surface area (Å²) in [6.45, 7) is 14.4. The van der Waals surface area contributed by atoms with Gasteiger partial charge >= 0.3 is 5.97 Å². The van der Waals surface area contributed by atoms with Gasteiger partial charge in [0.15, 0.2) is 0 Å². The number of ether oxygens (including phenoxy) is 1. The fraction of sp³-hybridized carbons (Fsp3) is 0.900. The van der Waals surface area contributed by atoms with Gasteiger partial charge in [-0.1, -0.05) is 81.5 Å². The molecule has 33 heavy (non-hydrogen) atoms. The molecule has 0 spiro atoms. The summed E-state index contributed by atoms with van der Waals surface area (Å²) < 4.78 is 5.83. The molecule has 3 heteroatoms. The van der Waals surface area contributed by atoms with Crippen molar-refractivity contribution in [3.8, 4) is 0 Å². The predicted molar refractivity (Wildman–Crippen MR) is 141 cm³/mol. The van der Waals surface area contributed by atoms with Crippen molar-refractivity contribution >= 4 is 21.9 Å². The van der Waals surface area contributed by atoms with E-state index in [-0.39, 0.29) is 16.9 Å². The standard InChI is InChI=1S/C30H49BrO2/c1-19(2)8-7-9-20(3)25-12-13-26-24-11-10-22-18-23(33-28(32)21(4)31)14-16-29(22,5)27(24)15-17-30(25,26)6/h10,19-21,23-27H,7-9,11-18H2,1-6H3/t20-,21+,23+,24-,25+,26-,27-,29-,30+/m0/s1. The van der Waals surface area contributed by atoms with Crippen LogP contribution in [0, 0.1) is 46.3 Å². The third-order valence-electron chi connectivity index (χ3n) is 10.9. The van der Waals surface area contributed by atoms with Crippen LogP contribution in [0.4, 0.5) is 0 Å². The van der Waals surface area contributed by atoms with Crippen molar-refractivity contribution in [3.63, 3.8) is 0 Å². The van der Waals surface area contributed by atoms with Gasteiger partial charge in [-0.3, -0.25) is 4.79 Å². The van der Waals surface area contributed by atoms with Gasteiger partial charge in [-0.2, -0.15) is 0 Å². The minimum atomic E-state index is -0.213. The first-order chi connectivity index (χ1) is 15.6. The van der Waals surface area contributed by atoms with Gasteiger partial charge in [-0.25, -0.2) is 0 Å². The lowest BCUT2D eigenvalue weighted by Crippen LogP contribution is -2.51. The zero-order valence-electron chi connectivity index (χ0n) is 22.2. The molecule has 0 aromatic rings. The summed E-state index contributed by atoms with van der Waals surface area (Å²) in [6.07, 6.45) is 17.1. The summed E-state index contributed by atoms with van der Waals surface area (Å²) in [6, 6.07) is 0. The van der Waals surface area contributed by atoms with E-state index >= 15 is 0 Å². The summed E-state index contributed by atoms with van der Waals surface area (Å²) in [4.78, 5) is 11.9. The molecule has 0 amide bonds. The van der Waals surface area contributed by atoms with Crippen molar-refractivity contribution in [1.29, 1.82) is 0 Å². The van der Waals surface area contributed by atoms with Crippen LogP contribution in [0.5, 0.6) is 0 Å². The number of esters is 1. The third-order valence-corrected chi connectivity index (χ3v) is 11.2. The van der Waals surface area contributed by atoms with Crippen molar-refractivity contribution < 1.29 is 9.53 Å². The van der Waals surface area contributed by atoms with Crippen molar-refractivity contribution in [2.45, 2.75) is 123 Å². The molecular weight excluding hydrogens is 472 g/mol. The second-order valence-electron chi connectivity index (χ2n) is 13.2. The van der Waals surface area contributed by atoms with E-state index in [0.717, 1.165) is 48.3 Å². The molecule has 0 N–H and O–H groups in total. The quantitative estimate of drug-likeness (QED) is 0.190. The van der Waals surface area contributed by atoms with Gasteiger partial charge in [0.1, 0.15) is 10.9 Å². The van der Waals surface area contributed by atoms with Gasteiger partial charge < -0.3 is 4.74 Å². The molecule has 4 rings (SSSR count).